The lowest BCUT2D eigenvalue weighted by atomic mass is 9.84. The fourth-order valence-corrected chi connectivity index (χ4v) is 3.11. The highest BCUT2D eigenvalue weighted by molar-refractivity contribution is 5.95. The Kier molecular flexibility index (Phi) is 6.70. The Bertz CT molecular complexity index is 1140. The number of aliphatic imine (C=N–C) groups is 1. The van der Waals surface area contributed by atoms with Gasteiger partial charge in [-0.05, 0) is 36.8 Å². The number of amidine groups is 1. The van der Waals surface area contributed by atoms with Crippen LogP contribution in [0.4, 0.5) is 35.1 Å². The first kappa shape index (κ1) is 26.2. The van der Waals surface area contributed by atoms with Gasteiger partial charge >= 0.3 is 18.0 Å². The SMILES string of the molecule is C[C@]1(c2cc(CC(=O)c3ccc(OCC(F)(F)C(F)(F)F)cn3)ccc2F)N=C(N)OCC1(F)F. The summed E-state index contributed by atoms with van der Waals surface area (Å²) in [7, 11) is 0. The molecule has 14 heteroatoms. The molecule has 3 rings (SSSR count). The van der Waals surface area contributed by atoms with Crippen molar-refractivity contribution < 1.29 is 49.4 Å². The van der Waals surface area contributed by atoms with Gasteiger partial charge in [0.05, 0.1) is 6.20 Å². The normalized spacial score (nSPS) is 20.1. The molecule has 0 amide bonds. The van der Waals surface area contributed by atoms with Crippen LogP contribution in [-0.4, -0.2) is 48.0 Å². The standard InChI is InChI=1S/C21H17F8N3O3/c1-18(19(23,24)9-35-17(30)32-18)13-6-11(2-4-14(13)22)7-16(33)15-5-3-12(8-31-15)34-10-20(25,26)21(27,28)29/h2-6,8H,7,9-10H2,1H3,(H2,30,32)/t18-/m1/s1. The van der Waals surface area contributed by atoms with Crippen molar-refractivity contribution in [3.05, 3.63) is 59.2 Å². The lowest BCUT2D eigenvalue weighted by Gasteiger charge is -2.37. The number of pyridine rings is 1. The third-order valence-electron chi connectivity index (χ3n) is 5.22. The molecule has 0 radical (unpaired) electrons. The fraction of sp³-hybridized carbons (Fsp3) is 0.381. The first-order chi connectivity index (χ1) is 16.1. The number of halogens is 8. The van der Waals surface area contributed by atoms with Crippen LogP contribution < -0.4 is 10.5 Å². The summed E-state index contributed by atoms with van der Waals surface area (Å²) >= 11 is 0. The van der Waals surface area contributed by atoms with Gasteiger partial charge in [-0.3, -0.25) is 4.79 Å². The molecule has 0 saturated heterocycles. The molecule has 1 aromatic heterocycles. The molecule has 6 nitrogen and oxygen atoms in total. The third-order valence-corrected chi connectivity index (χ3v) is 5.22. The number of nitrogens with zero attached hydrogens (tertiary/aromatic N) is 2. The Morgan fingerprint density at radius 1 is 1.17 bits per heavy atom. The lowest BCUT2D eigenvalue weighted by Crippen LogP contribution is -2.51. The minimum Gasteiger partial charge on any atom is -0.485 e. The van der Waals surface area contributed by atoms with E-state index in [4.69, 9.17) is 5.73 Å². The number of hydrogen-bond donors (Lipinski definition) is 1. The number of aromatic nitrogens is 1. The summed E-state index contributed by atoms with van der Waals surface area (Å²) in [6.45, 7) is -2.14. The smallest absolute Gasteiger partial charge is 0.456 e. The number of hydrogen-bond acceptors (Lipinski definition) is 6. The molecule has 1 atom stereocenters. The van der Waals surface area contributed by atoms with Crippen LogP contribution in [0, 0.1) is 5.82 Å². The molecule has 0 saturated carbocycles. The van der Waals surface area contributed by atoms with Gasteiger partial charge < -0.3 is 15.2 Å². The molecule has 0 bridgehead atoms. The molecular weight excluding hydrogens is 494 g/mol. The molecule has 1 aromatic carbocycles. The molecule has 190 valence electrons. The van der Waals surface area contributed by atoms with Gasteiger partial charge in [0.15, 0.2) is 24.5 Å². The maximum absolute atomic E-state index is 14.5. The monoisotopic (exact) mass is 511 g/mol. The van der Waals surface area contributed by atoms with Gasteiger partial charge in [0, 0.05) is 12.0 Å². The second-order valence-electron chi connectivity index (χ2n) is 7.80. The molecule has 2 aromatic rings. The van der Waals surface area contributed by atoms with Crippen LogP contribution in [0.1, 0.15) is 28.5 Å². The van der Waals surface area contributed by atoms with Crippen LogP contribution in [-0.2, 0) is 16.7 Å². The quantitative estimate of drug-likeness (QED) is 0.440. The number of ketones is 1. The number of nitrogens with two attached hydrogens (primary N) is 1. The average Bonchev–Trinajstić information content (AvgIpc) is 2.76. The summed E-state index contributed by atoms with van der Waals surface area (Å²) in [5, 5.41) is 0. The van der Waals surface area contributed by atoms with Crippen molar-refractivity contribution in [1.29, 1.82) is 0 Å². The zero-order valence-electron chi connectivity index (χ0n) is 17.8. The molecule has 0 spiro atoms. The van der Waals surface area contributed by atoms with Gasteiger partial charge in [0.2, 0.25) is 0 Å². The van der Waals surface area contributed by atoms with E-state index in [9.17, 15) is 39.9 Å². The second kappa shape index (κ2) is 8.96. The van der Waals surface area contributed by atoms with E-state index in [0.29, 0.717) is 0 Å². The summed E-state index contributed by atoms with van der Waals surface area (Å²) in [5.74, 6) is -10.9. The summed E-state index contributed by atoms with van der Waals surface area (Å²) in [6, 6.07) is 4.52. The summed E-state index contributed by atoms with van der Waals surface area (Å²) in [6.07, 6.45) is -5.45. The lowest BCUT2D eigenvalue weighted by molar-refractivity contribution is -0.290. The molecule has 2 N–H and O–H groups in total. The third kappa shape index (κ3) is 5.30. The number of Topliss-reactive ketones (excluding diaryl/α,β-unsaturated/α-hetero) is 1. The highest BCUT2D eigenvalue weighted by Gasteiger charge is 2.58. The van der Waals surface area contributed by atoms with E-state index in [1.807, 2.05) is 0 Å². The van der Waals surface area contributed by atoms with Gasteiger partial charge in [-0.2, -0.15) is 30.7 Å². The molecule has 0 fully saturated rings. The van der Waals surface area contributed by atoms with Crippen LogP contribution in [0.3, 0.4) is 0 Å². The van der Waals surface area contributed by atoms with Crippen LogP contribution in [0.5, 0.6) is 5.75 Å². The van der Waals surface area contributed by atoms with Gasteiger partial charge in [0.1, 0.15) is 17.3 Å². The van der Waals surface area contributed by atoms with E-state index in [-0.39, 0.29) is 11.3 Å². The van der Waals surface area contributed by atoms with Crippen molar-refractivity contribution in [2.75, 3.05) is 13.2 Å². The molecule has 1 aliphatic rings. The Labute approximate surface area is 192 Å². The number of carbonyl (C=O) groups is 1. The van der Waals surface area contributed by atoms with E-state index in [2.05, 4.69) is 19.5 Å². The first-order valence-corrected chi connectivity index (χ1v) is 9.77. The number of carbonyl (C=O) groups excluding carboxylic acids is 1. The fourth-order valence-electron chi connectivity index (χ4n) is 3.11. The number of alkyl halides is 7. The number of benzene rings is 1. The first-order valence-electron chi connectivity index (χ1n) is 9.77. The van der Waals surface area contributed by atoms with Crippen molar-refractivity contribution in [1.82, 2.24) is 4.98 Å². The molecule has 1 aliphatic heterocycles. The van der Waals surface area contributed by atoms with E-state index in [0.717, 1.165) is 37.4 Å². The van der Waals surface area contributed by atoms with Crippen molar-refractivity contribution in [3.8, 4) is 5.75 Å². The minimum atomic E-state index is -5.80. The zero-order chi connectivity index (χ0) is 26.2. The molecule has 2 heterocycles. The Morgan fingerprint density at radius 2 is 1.86 bits per heavy atom. The zero-order valence-corrected chi connectivity index (χ0v) is 17.8. The van der Waals surface area contributed by atoms with Gasteiger partial charge in [0.25, 0.3) is 6.02 Å². The largest absolute Gasteiger partial charge is 0.485 e. The number of ether oxygens (including phenoxy) is 2. The maximum Gasteiger partial charge on any atom is 0.456 e. The van der Waals surface area contributed by atoms with Gasteiger partial charge in [-0.1, -0.05) is 6.07 Å². The predicted octanol–water partition coefficient (Wildman–Crippen LogP) is 4.42. The Hall–Kier alpha value is -3.45. The predicted molar refractivity (Wildman–Crippen MR) is 105 cm³/mol. The summed E-state index contributed by atoms with van der Waals surface area (Å²) < 4.78 is 115. The Morgan fingerprint density at radius 3 is 2.46 bits per heavy atom. The summed E-state index contributed by atoms with van der Waals surface area (Å²) in [5.41, 5.74) is 2.35. The maximum atomic E-state index is 14.5. The van der Waals surface area contributed by atoms with E-state index < -0.39 is 72.1 Å². The van der Waals surface area contributed by atoms with Crippen molar-refractivity contribution in [2.45, 2.75) is 36.9 Å². The van der Waals surface area contributed by atoms with Crippen molar-refractivity contribution >= 4 is 11.8 Å². The average molecular weight is 511 g/mol. The van der Waals surface area contributed by atoms with Crippen molar-refractivity contribution in [3.63, 3.8) is 0 Å². The van der Waals surface area contributed by atoms with Crippen LogP contribution in [0.2, 0.25) is 0 Å². The molecule has 35 heavy (non-hydrogen) atoms. The van der Waals surface area contributed by atoms with E-state index >= 15 is 0 Å². The highest BCUT2D eigenvalue weighted by atomic mass is 19.4. The van der Waals surface area contributed by atoms with Gasteiger partial charge in [-0.25, -0.2) is 14.4 Å². The van der Waals surface area contributed by atoms with Crippen molar-refractivity contribution in [2.24, 2.45) is 10.7 Å². The van der Waals surface area contributed by atoms with Crippen LogP contribution in [0.25, 0.3) is 0 Å². The molecule has 0 aliphatic carbocycles. The van der Waals surface area contributed by atoms with Gasteiger partial charge in [-0.15, -0.1) is 0 Å². The Balaban J connectivity index is 1.76. The molecule has 0 unspecified atom stereocenters. The highest BCUT2D eigenvalue weighted by Crippen LogP contribution is 2.44. The second-order valence-corrected chi connectivity index (χ2v) is 7.80. The summed E-state index contributed by atoms with van der Waals surface area (Å²) in [4.78, 5) is 19.8. The number of rotatable bonds is 7. The van der Waals surface area contributed by atoms with E-state index in [1.54, 1.807) is 0 Å². The minimum absolute atomic E-state index is 0.121. The topological polar surface area (TPSA) is 86.8 Å². The van der Waals surface area contributed by atoms with E-state index in [1.165, 1.54) is 6.07 Å². The molecular formula is C21H17F8N3O3. The van der Waals surface area contributed by atoms with Crippen LogP contribution >= 0.6 is 0 Å². The van der Waals surface area contributed by atoms with Crippen LogP contribution in [0.15, 0.2) is 41.5 Å².